The van der Waals surface area contributed by atoms with Gasteiger partial charge in [0.1, 0.15) is 16.8 Å². The van der Waals surface area contributed by atoms with Gasteiger partial charge in [0.05, 0.1) is 61.8 Å². The summed E-state index contributed by atoms with van der Waals surface area (Å²) in [5.41, 5.74) is 30.1. The van der Waals surface area contributed by atoms with Gasteiger partial charge in [-0.3, -0.25) is 4.99 Å². The highest BCUT2D eigenvalue weighted by molar-refractivity contribution is 7.25. The fraction of sp³-hybridized carbons (Fsp3) is 0.0603. The number of fused-ring (bicyclic) bond motifs is 31. The standard InChI is InChI=1S/C116H72N6OS/c1-115(91-41-17-14-38-86(91)110-113(115)119-107(74-51-55-82-81-35-16-21-47-101(81)124-102(82)64-74)108(117-110)76-58-73-30-8-9-32-78(73)97(63-76)122-96-57-52-66-24-6-10-33-79(66)105(96)90-60-70-27-3-5-29-72(70)62-99(90)122)65-75-31-22-44-94-103(75)84-36-12-18-42-92(84)116(94)93-43-19-13-37-85(93)104-88(40-23-45-95(104)116)109-106(118-111-87-39-15-20-46-100(87)123-114(111)120-109)68-48-53-77(54-49-68)121-98-61-71-28-4-2-26-69(71)59-89(98)83-56-50-67-25-7-11-34-80(67)112(83)121/h2-25,27-64,69,108,117H,26,65H2,1H3. The Morgan fingerprint density at radius 2 is 1.10 bits per heavy atom. The quantitative estimate of drug-likeness (QED) is 0.165. The molecule has 0 fully saturated rings. The van der Waals surface area contributed by atoms with Crippen LogP contribution in [0.2, 0.25) is 0 Å². The van der Waals surface area contributed by atoms with Crippen molar-refractivity contribution < 1.29 is 4.42 Å². The highest BCUT2D eigenvalue weighted by atomic mass is 32.1. The first-order valence-electron chi connectivity index (χ1n) is 43.2. The zero-order chi connectivity index (χ0) is 80.9. The van der Waals surface area contributed by atoms with E-state index in [9.17, 15) is 0 Å². The molecule has 0 bridgehead atoms. The highest BCUT2D eigenvalue weighted by Gasteiger charge is 2.54. The smallest absolute Gasteiger partial charge is 0.246 e. The van der Waals surface area contributed by atoms with Crippen molar-refractivity contribution in [3.63, 3.8) is 0 Å². The maximum Gasteiger partial charge on any atom is 0.246 e. The van der Waals surface area contributed by atoms with Crippen molar-refractivity contribution in [2.75, 3.05) is 0 Å². The van der Waals surface area contributed by atoms with Crippen LogP contribution < -0.4 is 15.9 Å². The van der Waals surface area contributed by atoms with E-state index in [2.05, 4.69) is 385 Å². The molecule has 5 aliphatic carbocycles. The Hall–Kier alpha value is -15.4. The maximum absolute atomic E-state index is 6.79. The summed E-state index contributed by atoms with van der Waals surface area (Å²) >= 11 is 1.86. The lowest BCUT2D eigenvalue weighted by Crippen LogP contribution is -2.34. The number of benzene rings is 17. The molecule has 1 N–H and O–H groups in total. The van der Waals surface area contributed by atoms with Gasteiger partial charge in [0, 0.05) is 91.4 Å². The van der Waals surface area contributed by atoms with Crippen LogP contribution >= 0.6 is 11.3 Å². The number of allylic oxidation sites excluding steroid dienone is 5. The lowest BCUT2D eigenvalue weighted by atomic mass is 9.70. The van der Waals surface area contributed by atoms with Crippen LogP contribution in [0.5, 0.6) is 0 Å². The molecule has 28 rings (SSSR count). The fourth-order valence-corrected chi connectivity index (χ4v) is 24.3. The van der Waals surface area contributed by atoms with E-state index in [0.717, 1.165) is 96.0 Å². The van der Waals surface area contributed by atoms with Crippen LogP contribution in [0.15, 0.2) is 385 Å². The molecule has 0 radical (unpaired) electrons. The largest absolute Gasteiger partial charge is 0.436 e. The molecule has 0 amide bonds. The van der Waals surface area contributed by atoms with Crippen LogP contribution in [0.1, 0.15) is 69.5 Å². The van der Waals surface area contributed by atoms with E-state index in [1.807, 2.05) is 23.5 Å². The summed E-state index contributed by atoms with van der Waals surface area (Å²) in [6.07, 6.45) is 13.4. The van der Waals surface area contributed by atoms with Crippen molar-refractivity contribution in [1.82, 2.24) is 24.4 Å². The molecule has 0 saturated heterocycles. The number of hydrogen-bond acceptors (Lipinski definition) is 6. The topological polar surface area (TPSA) is 73.2 Å². The summed E-state index contributed by atoms with van der Waals surface area (Å²) in [4.78, 5) is 17.9. The normalized spacial score (nSPS) is 17.7. The van der Waals surface area contributed by atoms with E-state index in [0.29, 0.717) is 18.1 Å². The van der Waals surface area contributed by atoms with Crippen LogP contribution in [-0.2, 0) is 17.3 Å². The van der Waals surface area contributed by atoms with Gasteiger partial charge in [0.25, 0.3) is 0 Å². The minimum atomic E-state index is -0.724. The lowest BCUT2D eigenvalue weighted by Gasteiger charge is -2.34. The van der Waals surface area contributed by atoms with Gasteiger partial charge >= 0.3 is 0 Å². The molecule has 0 saturated carbocycles. The molecule has 7 nitrogen and oxygen atoms in total. The van der Waals surface area contributed by atoms with Crippen molar-refractivity contribution in [3.8, 4) is 56.1 Å². The Bertz CT molecular complexity index is 8900. The van der Waals surface area contributed by atoms with Crippen LogP contribution in [0, 0.1) is 5.92 Å². The maximum atomic E-state index is 6.79. The van der Waals surface area contributed by atoms with Gasteiger partial charge in [-0.1, -0.05) is 303 Å². The van der Waals surface area contributed by atoms with Crippen LogP contribution in [-0.4, -0.2) is 24.8 Å². The number of hydrogen-bond donors (Lipinski definition) is 1. The van der Waals surface area contributed by atoms with Gasteiger partial charge in [-0.05, 0) is 197 Å². The summed E-state index contributed by atoms with van der Waals surface area (Å²) in [7, 11) is 0. The van der Waals surface area contributed by atoms with Gasteiger partial charge in [-0.25, -0.2) is 9.97 Å². The van der Waals surface area contributed by atoms with E-state index in [1.165, 1.54) is 162 Å². The number of furan rings is 1. The lowest BCUT2D eigenvalue weighted by molar-refractivity contribution is 0.555. The molecular formula is C116H72N6OS. The van der Waals surface area contributed by atoms with Crippen molar-refractivity contribution in [3.05, 3.63) is 436 Å². The molecule has 8 heteroatoms. The Morgan fingerprint density at radius 1 is 0.460 bits per heavy atom. The van der Waals surface area contributed by atoms with Crippen molar-refractivity contribution in [2.45, 2.75) is 36.6 Å². The molecule has 17 aromatic carbocycles. The average Bonchev–Trinajstić information content (AvgIpc) is 1.50. The van der Waals surface area contributed by atoms with Crippen molar-refractivity contribution in [2.24, 2.45) is 10.9 Å². The predicted molar refractivity (Wildman–Crippen MR) is 514 cm³/mol. The summed E-state index contributed by atoms with van der Waals surface area (Å²) in [6, 6.07) is 129. The fourth-order valence-electron chi connectivity index (χ4n) is 23.1. The number of nitrogens with zero attached hydrogens (tertiary/aromatic N) is 5. The summed E-state index contributed by atoms with van der Waals surface area (Å²) in [5.74, 6) is 0.338. The number of aromatic nitrogens is 4. The zero-order valence-corrected chi connectivity index (χ0v) is 68.2. The summed E-state index contributed by atoms with van der Waals surface area (Å²) in [6.45, 7) is 2.47. The molecule has 1 spiro atoms. The molecule has 6 aliphatic rings. The van der Waals surface area contributed by atoms with E-state index >= 15 is 0 Å². The number of para-hydroxylation sites is 1. The Labute approximate surface area is 716 Å². The molecule has 1 aliphatic heterocycles. The van der Waals surface area contributed by atoms with E-state index < -0.39 is 10.8 Å². The minimum absolute atomic E-state index is 0.338. The number of rotatable bonds is 8. The predicted octanol–water partition coefficient (Wildman–Crippen LogP) is 27.2. The van der Waals surface area contributed by atoms with E-state index in [4.69, 9.17) is 19.4 Å². The Kier molecular flexibility index (Phi) is 14.0. The van der Waals surface area contributed by atoms with Gasteiger partial charge in [0.2, 0.25) is 5.71 Å². The SMILES string of the molecule is CC1(Cc2cccc3c2-c2ccccc2C32c3ccccc3-c3c(-c4nc5oc6ccccc6c5nc4-c4ccc(-n5c6c(c7ccc8ccccc8c75)=CC5CC=CC=C5C=6)cc4)cccc32)C2=C(NC(c3cc(-n4c5cc6ccccc6cc5c5c6ccccc6ccc54)c4ccccc4c3)C(c3ccc4c(c3)sc3ccccc34)=N2)c2ccccc21. The molecule has 6 heterocycles. The van der Waals surface area contributed by atoms with E-state index in [-0.39, 0.29) is 6.04 Å². The molecule has 4 atom stereocenters. The monoisotopic (exact) mass is 1600 g/mol. The second-order valence-corrected chi connectivity index (χ2v) is 35.9. The van der Waals surface area contributed by atoms with Crippen LogP contribution in [0.3, 0.4) is 0 Å². The van der Waals surface area contributed by atoms with E-state index in [1.54, 1.807) is 0 Å². The van der Waals surface area contributed by atoms with Crippen molar-refractivity contribution in [1.29, 1.82) is 0 Å². The first-order chi connectivity index (χ1) is 61.3. The minimum Gasteiger partial charge on any atom is -0.436 e. The third-order valence-corrected chi connectivity index (χ3v) is 29.6. The zero-order valence-electron chi connectivity index (χ0n) is 67.4. The number of thiophene rings is 1. The average molecular weight is 1600 g/mol. The summed E-state index contributed by atoms with van der Waals surface area (Å²) in [5, 5.41) is 23.8. The molecule has 22 aromatic rings. The van der Waals surface area contributed by atoms with Crippen LogP contribution in [0.4, 0.5) is 0 Å². The molecular weight excluding hydrogens is 1530 g/mol. The third kappa shape index (κ3) is 9.36. The molecule has 124 heavy (non-hydrogen) atoms. The molecule has 4 unspecified atom stereocenters. The third-order valence-electron chi connectivity index (χ3n) is 28.5. The highest BCUT2D eigenvalue weighted by Crippen LogP contribution is 2.66. The van der Waals surface area contributed by atoms with Crippen LogP contribution in [0.25, 0.3) is 192 Å². The number of nitrogens with one attached hydrogen (secondary N) is 1. The molecule has 578 valence electrons. The van der Waals surface area contributed by atoms with Gasteiger partial charge in [0.15, 0.2) is 0 Å². The first kappa shape index (κ1) is 68.4. The second kappa shape index (κ2) is 25.4. The molecule has 5 aromatic heterocycles. The first-order valence-corrected chi connectivity index (χ1v) is 44.0. The second-order valence-electron chi connectivity index (χ2n) is 34.8. The van der Waals surface area contributed by atoms with Gasteiger partial charge in [-0.2, -0.15) is 0 Å². The Balaban J connectivity index is 0.614. The Morgan fingerprint density at radius 3 is 1.93 bits per heavy atom. The van der Waals surface area contributed by atoms with Gasteiger partial charge in [-0.15, -0.1) is 11.3 Å². The summed E-state index contributed by atoms with van der Waals surface area (Å²) < 4.78 is 14.4. The van der Waals surface area contributed by atoms with Crippen molar-refractivity contribution >= 4 is 153 Å². The number of aliphatic imine (C=N–C) groups is 1. The van der Waals surface area contributed by atoms with Gasteiger partial charge < -0.3 is 18.9 Å².